The van der Waals surface area contributed by atoms with Crippen LogP contribution in [0.5, 0.6) is 0 Å². The molecular formula is C14H16F3NO. The van der Waals surface area contributed by atoms with Crippen molar-refractivity contribution in [3.05, 3.63) is 41.5 Å². The fraction of sp³-hybridized carbons (Fsp3) is 0.357. The first-order chi connectivity index (χ1) is 8.93. The van der Waals surface area contributed by atoms with Gasteiger partial charge in [0.05, 0.1) is 5.56 Å². The van der Waals surface area contributed by atoms with Gasteiger partial charge < -0.3 is 5.32 Å². The van der Waals surface area contributed by atoms with Crippen LogP contribution in [0, 0.1) is 0 Å². The molecule has 0 spiro atoms. The fourth-order valence-corrected chi connectivity index (χ4v) is 1.44. The van der Waals surface area contributed by atoms with Crippen molar-refractivity contribution in [1.82, 2.24) is 5.32 Å². The van der Waals surface area contributed by atoms with Crippen molar-refractivity contribution >= 4 is 12.0 Å². The smallest absolute Gasteiger partial charge is 0.353 e. The van der Waals surface area contributed by atoms with E-state index in [0.717, 1.165) is 25.0 Å². The van der Waals surface area contributed by atoms with E-state index in [1.165, 1.54) is 24.3 Å². The van der Waals surface area contributed by atoms with E-state index in [1.54, 1.807) is 0 Å². The molecular weight excluding hydrogens is 255 g/mol. The van der Waals surface area contributed by atoms with Crippen LogP contribution in [0.25, 0.3) is 6.08 Å². The molecule has 0 unspecified atom stereocenters. The van der Waals surface area contributed by atoms with Crippen LogP contribution in [0.15, 0.2) is 30.3 Å². The molecule has 0 aromatic heterocycles. The van der Waals surface area contributed by atoms with Crippen LogP contribution in [-0.4, -0.2) is 12.5 Å². The molecule has 0 aliphatic carbocycles. The average Bonchev–Trinajstić information content (AvgIpc) is 2.36. The molecule has 1 rings (SSSR count). The highest BCUT2D eigenvalue weighted by molar-refractivity contribution is 5.91. The van der Waals surface area contributed by atoms with Gasteiger partial charge in [0.2, 0.25) is 5.91 Å². The normalized spacial score (nSPS) is 11.8. The summed E-state index contributed by atoms with van der Waals surface area (Å²) in [5.74, 6) is -0.300. The first kappa shape index (κ1) is 15.3. The number of benzene rings is 1. The standard InChI is InChI=1S/C14H16F3NO/c1-2-3-9-18-13(19)8-7-11-5-4-6-12(10-11)14(15,16)17/h4-8,10H,2-3,9H2,1H3,(H,18,19)/b8-7+. The van der Waals surface area contributed by atoms with Gasteiger partial charge in [0.15, 0.2) is 0 Å². The quantitative estimate of drug-likeness (QED) is 0.643. The van der Waals surface area contributed by atoms with E-state index in [-0.39, 0.29) is 5.91 Å². The maximum absolute atomic E-state index is 12.5. The Morgan fingerprint density at radius 1 is 1.37 bits per heavy atom. The average molecular weight is 271 g/mol. The van der Waals surface area contributed by atoms with E-state index in [4.69, 9.17) is 0 Å². The number of carbonyl (C=O) groups is 1. The van der Waals surface area contributed by atoms with Gasteiger partial charge in [-0.3, -0.25) is 4.79 Å². The van der Waals surface area contributed by atoms with Crippen LogP contribution in [0.1, 0.15) is 30.9 Å². The molecule has 0 atom stereocenters. The molecule has 0 saturated heterocycles. The van der Waals surface area contributed by atoms with Crippen LogP contribution in [0.3, 0.4) is 0 Å². The number of unbranched alkanes of at least 4 members (excludes halogenated alkanes) is 1. The Hall–Kier alpha value is -1.78. The van der Waals surface area contributed by atoms with Gasteiger partial charge >= 0.3 is 6.18 Å². The van der Waals surface area contributed by atoms with Crippen LogP contribution >= 0.6 is 0 Å². The Bertz CT molecular complexity index is 452. The topological polar surface area (TPSA) is 29.1 Å². The second-order valence-electron chi connectivity index (χ2n) is 4.10. The summed E-state index contributed by atoms with van der Waals surface area (Å²) in [6.45, 7) is 2.58. The fourth-order valence-electron chi connectivity index (χ4n) is 1.44. The predicted octanol–water partition coefficient (Wildman–Crippen LogP) is 3.63. The molecule has 0 fully saturated rings. The summed E-state index contributed by atoms with van der Waals surface area (Å²) in [5, 5.41) is 2.65. The van der Waals surface area contributed by atoms with Crippen molar-refractivity contribution in [2.24, 2.45) is 0 Å². The first-order valence-electron chi connectivity index (χ1n) is 6.06. The number of nitrogens with one attached hydrogen (secondary N) is 1. The number of carbonyl (C=O) groups excluding carboxylic acids is 1. The van der Waals surface area contributed by atoms with Crippen molar-refractivity contribution < 1.29 is 18.0 Å². The van der Waals surface area contributed by atoms with Gasteiger partial charge in [-0.1, -0.05) is 25.5 Å². The van der Waals surface area contributed by atoms with Gasteiger partial charge in [-0.05, 0) is 30.2 Å². The number of hydrogen-bond donors (Lipinski definition) is 1. The highest BCUT2D eigenvalue weighted by Crippen LogP contribution is 2.29. The van der Waals surface area contributed by atoms with E-state index in [2.05, 4.69) is 5.32 Å². The lowest BCUT2D eigenvalue weighted by atomic mass is 10.1. The van der Waals surface area contributed by atoms with Gasteiger partial charge in [0.1, 0.15) is 0 Å². The third-order valence-corrected chi connectivity index (χ3v) is 2.47. The van der Waals surface area contributed by atoms with E-state index >= 15 is 0 Å². The Labute approximate surface area is 110 Å². The van der Waals surface area contributed by atoms with Crippen molar-refractivity contribution in [2.75, 3.05) is 6.54 Å². The van der Waals surface area contributed by atoms with E-state index < -0.39 is 11.7 Å². The van der Waals surface area contributed by atoms with Crippen LogP contribution in [-0.2, 0) is 11.0 Å². The zero-order valence-electron chi connectivity index (χ0n) is 10.6. The second-order valence-corrected chi connectivity index (χ2v) is 4.10. The van der Waals surface area contributed by atoms with Crippen LogP contribution in [0.4, 0.5) is 13.2 Å². The number of halogens is 3. The van der Waals surface area contributed by atoms with E-state index in [9.17, 15) is 18.0 Å². The van der Waals surface area contributed by atoms with Crippen molar-refractivity contribution in [3.63, 3.8) is 0 Å². The Balaban J connectivity index is 2.64. The zero-order chi connectivity index (χ0) is 14.3. The highest BCUT2D eigenvalue weighted by atomic mass is 19.4. The summed E-state index contributed by atoms with van der Waals surface area (Å²) in [4.78, 5) is 11.4. The molecule has 0 aliphatic heterocycles. The van der Waals surface area contributed by atoms with Gasteiger partial charge in [0.25, 0.3) is 0 Å². The SMILES string of the molecule is CCCCNC(=O)/C=C/c1cccc(C(F)(F)F)c1. The van der Waals surface area contributed by atoms with Crippen molar-refractivity contribution in [1.29, 1.82) is 0 Å². The molecule has 0 heterocycles. The van der Waals surface area contributed by atoms with E-state index in [1.807, 2.05) is 6.92 Å². The third kappa shape index (κ3) is 5.59. The monoisotopic (exact) mass is 271 g/mol. The van der Waals surface area contributed by atoms with Gasteiger partial charge in [-0.2, -0.15) is 13.2 Å². The first-order valence-corrected chi connectivity index (χ1v) is 6.06. The summed E-state index contributed by atoms with van der Waals surface area (Å²) in [6.07, 6.45) is 0.0929. The number of hydrogen-bond acceptors (Lipinski definition) is 1. The summed E-state index contributed by atoms with van der Waals surface area (Å²) < 4.78 is 37.4. The molecule has 2 nitrogen and oxygen atoms in total. The van der Waals surface area contributed by atoms with E-state index in [0.29, 0.717) is 12.1 Å². The molecule has 1 aromatic rings. The summed E-state index contributed by atoms with van der Waals surface area (Å²) in [6, 6.07) is 4.84. The number of alkyl halides is 3. The minimum absolute atomic E-state index is 0.300. The summed E-state index contributed by atoms with van der Waals surface area (Å²) >= 11 is 0. The van der Waals surface area contributed by atoms with Crippen molar-refractivity contribution in [3.8, 4) is 0 Å². The Morgan fingerprint density at radius 2 is 2.11 bits per heavy atom. The van der Waals surface area contributed by atoms with Gasteiger partial charge in [0, 0.05) is 12.6 Å². The Morgan fingerprint density at radius 3 is 2.74 bits per heavy atom. The molecule has 1 N–H and O–H groups in total. The lowest BCUT2D eigenvalue weighted by Crippen LogP contribution is -2.21. The molecule has 0 aliphatic rings. The maximum Gasteiger partial charge on any atom is 0.416 e. The summed E-state index contributed by atoms with van der Waals surface area (Å²) in [7, 11) is 0. The zero-order valence-corrected chi connectivity index (χ0v) is 10.6. The molecule has 1 amide bonds. The number of amides is 1. The van der Waals surface area contributed by atoms with Crippen LogP contribution < -0.4 is 5.32 Å². The molecule has 5 heteroatoms. The lowest BCUT2D eigenvalue weighted by molar-refractivity contribution is -0.137. The lowest BCUT2D eigenvalue weighted by Gasteiger charge is -2.06. The van der Waals surface area contributed by atoms with Crippen LogP contribution in [0.2, 0.25) is 0 Å². The summed E-state index contributed by atoms with van der Waals surface area (Å²) in [5.41, 5.74) is -0.374. The molecule has 1 aromatic carbocycles. The molecule has 104 valence electrons. The van der Waals surface area contributed by atoms with Gasteiger partial charge in [-0.15, -0.1) is 0 Å². The molecule has 0 saturated carbocycles. The predicted molar refractivity (Wildman–Crippen MR) is 68.4 cm³/mol. The maximum atomic E-state index is 12.5. The third-order valence-electron chi connectivity index (χ3n) is 2.47. The molecule has 0 bridgehead atoms. The number of rotatable bonds is 5. The van der Waals surface area contributed by atoms with Gasteiger partial charge in [-0.25, -0.2) is 0 Å². The Kier molecular flexibility index (Phi) is 5.60. The molecule has 0 radical (unpaired) electrons. The largest absolute Gasteiger partial charge is 0.416 e. The highest BCUT2D eigenvalue weighted by Gasteiger charge is 2.30. The second kappa shape index (κ2) is 6.97. The molecule has 19 heavy (non-hydrogen) atoms. The van der Waals surface area contributed by atoms with Crippen molar-refractivity contribution in [2.45, 2.75) is 25.9 Å². The minimum Gasteiger partial charge on any atom is -0.353 e. The minimum atomic E-state index is -4.37.